The lowest BCUT2D eigenvalue weighted by atomic mass is 9.95. The first-order valence-electron chi connectivity index (χ1n) is 12.9. The Labute approximate surface area is 208 Å². The van der Waals surface area contributed by atoms with Crippen LogP contribution in [-0.2, 0) is 16.6 Å². The van der Waals surface area contributed by atoms with E-state index in [9.17, 15) is 13.2 Å². The van der Waals surface area contributed by atoms with Crippen molar-refractivity contribution in [3.63, 3.8) is 0 Å². The zero-order chi connectivity index (χ0) is 24.4. The summed E-state index contributed by atoms with van der Waals surface area (Å²) in [5, 5.41) is 6.97. The van der Waals surface area contributed by atoms with Crippen LogP contribution < -0.4 is 5.32 Å². The number of nitrogens with one attached hydrogen (secondary N) is 1. The Morgan fingerprint density at radius 3 is 2.51 bits per heavy atom. The van der Waals surface area contributed by atoms with Crippen LogP contribution in [0.15, 0.2) is 40.9 Å². The van der Waals surface area contributed by atoms with E-state index in [1.807, 2.05) is 13.0 Å². The van der Waals surface area contributed by atoms with Crippen LogP contribution in [0.1, 0.15) is 66.8 Å². The van der Waals surface area contributed by atoms with Gasteiger partial charge in [0.2, 0.25) is 10.0 Å². The quantitative estimate of drug-likeness (QED) is 0.598. The van der Waals surface area contributed by atoms with Gasteiger partial charge in [0.25, 0.3) is 5.91 Å². The molecular formula is C26H36N4O4S. The van der Waals surface area contributed by atoms with Gasteiger partial charge in [-0.1, -0.05) is 42.4 Å². The Bertz CT molecular complexity index is 1110. The molecule has 3 heterocycles. The van der Waals surface area contributed by atoms with E-state index >= 15 is 0 Å². The summed E-state index contributed by atoms with van der Waals surface area (Å²) in [4.78, 5) is 15.0. The minimum atomic E-state index is -3.32. The SMILES string of the molecule is C[C@H]1CN(S(=O)(=O)CC2CCN(Cc3ccccc3)CC2)CC[C@H]1NC(=O)c1cc(C2CC2)on1. The Morgan fingerprint density at radius 2 is 1.83 bits per heavy atom. The highest BCUT2D eigenvalue weighted by atomic mass is 32.2. The summed E-state index contributed by atoms with van der Waals surface area (Å²) in [6, 6.07) is 12.1. The molecule has 2 aromatic rings. The van der Waals surface area contributed by atoms with Crippen molar-refractivity contribution in [3.8, 4) is 0 Å². The van der Waals surface area contributed by atoms with Crippen molar-refractivity contribution < 1.29 is 17.7 Å². The van der Waals surface area contributed by atoms with E-state index in [2.05, 4.69) is 39.6 Å². The van der Waals surface area contributed by atoms with Crippen molar-refractivity contribution in [2.45, 2.75) is 57.5 Å². The van der Waals surface area contributed by atoms with Gasteiger partial charge in [-0.3, -0.25) is 9.69 Å². The summed E-state index contributed by atoms with van der Waals surface area (Å²) < 4.78 is 33.3. The third-order valence-electron chi connectivity index (χ3n) is 7.72. The van der Waals surface area contributed by atoms with Gasteiger partial charge >= 0.3 is 0 Å². The number of hydrogen-bond acceptors (Lipinski definition) is 6. The average Bonchev–Trinajstić information content (AvgIpc) is 3.58. The number of carbonyl (C=O) groups excluding carboxylic acids is 1. The van der Waals surface area contributed by atoms with Gasteiger partial charge in [-0.2, -0.15) is 0 Å². The van der Waals surface area contributed by atoms with Crippen LogP contribution >= 0.6 is 0 Å². The first kappa shape index (κ1) is 24.5. The molecule has 1 aliphatic carbocycles. The Kier molecular flexibility index (Phi) is 7.27. The molecule has 0 spiro atoms. The topological polar surface area (TPSA) is 95.8 Å². The van der Waals surface area contributed by atoms with Gasteiger partial charge in [-0.15, -0.1) is 0 Å². The maximum atomic E-state index is 13.2. The van der Waals surface area contributed by atoms with E-state index in [0.29, 0.717) is 31.1 Å². The summed E-state index contributed by atoms with van der Waals surface area (Å²) >= 11 is 0. The third kappa shape index (κ3) is 6.13. The van der Waals surface area contributed by atoms with Gasteiger partial charge < -0.3 is 9.84 Å². The van der Waals surface area contributed by atoms with Gasteiger partial charge in [0.1, 0.15) is 5.76 Å². The molecule has 1 N–H and O–H groups in total. The van der Waals surface area contributed by atoms with E-state index < -0.39 is 10.0 Å². The Morgan fingerprint density at radius 1 is 1.09 bits per heavy atom. The highest BCUT2D eigenvalue weighted by Crippen LogP contribution is 2.40. The summed E-state index contributed by atoms with van der Waals surface area (Å²) in [6.45, 7) is 5.68. The molecule has 1 aromatic heterocycles. The molecule has 190 valence electrons. The number of benzene rings is 1. The fourth-order valence-electron chi connectivity index (χ4n) is 5.33. The van der Waals surface area contributed by atoms with E-state index in [1.54, 1.807) is 10.4 Å². The Hall–Kier alpha value is -2.23. The standard InChI is InChI=1S/C26H36N4O4S/c1-19-16-30(14-11-23(19)27-26(31)24-15-25(34-28-24)22-7-8-22)35(32,33)18-21-9-12-29(13-10-21)17-20-5-3-2-4-6-20/h2-6,15,19,21-23H,7-14,16-18H2,1H3,(H,27,31)/t19-,23+/m0/s1. The minimum Gasteiger partial charge on any atom is -0.360 e. The number of hydrogen-bond donors (Lipinski definition) is 1. The molecule has 2 aliphatic heterocycles. The molecule has 5 rings (SSSR count). The number of amides is 1. The molecule has 3 fully saturated rings. The summed E-state index contributed by atoms with van der Waals surface area (Å²) in [5.41, 5.74) is 1.61. The van der Waals surface area contributed by atoms with Crippen LogP contribution in [-0.4, -0.2) is 66.7 Å². The van der Waals surface area contributed by atoms with Crippen molar-refractivity contribution in [2.75, 3.05) is 31.9 Å². The number of carbonyl (C=O) groups is 1. The van der Waals surface area contributed by atoms with Gasteiger partial charge in [0.05, 0.1) is 5.75 Å². The van der Waals surface area contributed by atoms with Crippen molar-refractivity contribution in [2.24, 2.45) is 11.8 Å². The monoisotopic (exact) mass is 500 g/mol. The maximum absolute atomic E-state index is 13.2. The predicted octanol–water partition coefficient (Wildman–Crippen LogP) is 3.23. The number of sulfonamides is 1. The number of aromatic nitrogens is 1. The molecule has 0 radical (unpaired) electrons. The van der Waals surface area contributed by atoms with E-state index in [-0.39, 0.29) is 29.5 Å². The van der Waals surface area contributed by atoms with E-state index in [0.717, 1.165) is 51.1 Å². The fourth-order valence-corrected chi connectivity index (χ4v) is 7.32. The molecule has 1 aromatic carbocycles. The van der Waals surface area contributed by atoms with Crippen LogP contribution in [0.5, 0.6) is 0 Å². The Balaban J connectivity index is 1.08. The second-order valence-electron chi connectivity index (χ2n) is 10.6. The van der Waals surface area contributed by atoms with Crippen molar-refractivity contribution in [1.82, 2.24) is 19.7 Å². The normalized spacial score (nSPS) is 24.9. The average molecular weight is 501 g/mol. The molecule has 3 aliphatic rings. The molecule has 1 saturated carbocycles. The first-order valence-corrected chi connectivity index (χ1v) is 14.5. The molecule has 2 atom stereocenters. The lowest BCUT2D eigenvalue weighted by Crippen LogP contribution is -2.52. The second kappa shape index (κ2) is 10.4. The highest BCUT2D eigenvalue weighted by Gasteiger charge is 2.36. The highest BCUT2D eigenvalue weighted by molar-refractivity contribution is 7.89. The number of likely N-dealkylation sites (tertiary alicyclic amines) is 1. The lowest BCUT2D eigenvalue weighted by molar-refractivity contribution is 0.0891. The third-order valence-corrected chi connectivity index (χ3v) is 9.73. The van der Waals surface area contributed by atoms with E-state index in [1.165, 1.54) is 5.56 Å². The van der Waals surface area contributed by atoms with Crippen LogP contribution in [0.4, 0.5) is 0 Å². The molecule has 0 unspecified atom stereocenters. The molecule has 2 saturated heterocycles. The van der Waals surface area contributed by atoms with Crippen molar-refractivity contribution in [3.05, 3.63) is 53.4 Å². The smallest absolute Gasteiger partial charge is 0.273 e. The van der Waals surface area contributed by atoms with Gasteiger partial charge in [0, 0.05) is 37.7 Å². The molecule has 0 bridgehead atoms. The van der Waals surface area contributed by atoms with Crippen LogP contribution in [0.3, 0.4) is 0 Å². The minimum absolute atomic E-state index is 0.0324. The largest absolute Gasteiger partial charge is 0.360 e. The molecular weight excluding hydrogens is 464 g/mol. The lowest BCUT2D eigenvalue weighted by Gasteiger charge is -2.38. The zero-order valence-corrected chi connectivity index (χ0v) is 21.3. The molecule has 1 amide bonds. The summed E-state index contributed by atoms with van der Waals surface area (Å²) in [5.74, 6) is 1.41. The van der Waals surface area contributed by atoms with Crippen molar-refractivity contribution in [1.29, 1.82) is 0 Å². The molecule has 8 nitrogen and oxygen atoms in total. The molecule has 35 heavy (non-hydrogen) atoms. The van der Waals surface area contributed by atoms with Crippen LogP contribution in [0.25, 0.3) is 0 Å². The fraction of sp³-hybridized carbons (Fsp3) is 0.615. The second-order valence-corrected chi connectivity index (χ2v) is 12.6. The van der Waals surface area contributed by atoms with Crippen LogP contribution in [0, 0.1) is 11.8 Å². The maximum Gasteiger partial charge on any atom is 0.273 e. The van der Waals surface area contributed by atoms with Crippen molar-refractivity contribution >= 4 is 15.9 Å². The van der Waals surface area contributed by atoms with E-state index in [4.69, 9.17) is 4.52 Å². The van der Waals surface area contributed by atoms with Gasteiger partial charge in [-0.25, -0.2) is 12.7 Å². The van der Waals surface area contributed by atoms with Crippen LogP contribution in [0.2, 0.25) is 0 Å². The number of rotatable bonds is 8. The number of nitrogens with zero attached hydrogens (tertiary/aromatic N) is 3. The number of piperidine rings is 2. The van der Waals surface area contributed by atoms with Gasteiger partial charge in [-0.05, 0) is 62.6 Å². The zero-order valence-electron chi connectivity index (χ0n) is 20.4. The molecule has 9 heteroatoms. The summed E-state index contributed by atoms with van der Waals surface area (Å²) in [7, 11) is -3.32. The van der Waals surface area contributed by atoms with Gasteiger partial charge in [0.15, 0.2) is 5.69 Å². The summed E-state index contributed by atoms with van der Waals surface area (Å²) in [6.07, 6.45) is 4.61. The predicted molar refractivity (Wildman–Crippen MR) is 133 cm³/mol. The first-order chi connectivity index (χ1) is 16.9.